The first-order valence-corrected chi connectivity index (χ1v) is 5.62. The fraction of sp³-hybridized carbons (Fsp3) is 0.538. The molecular weight excluding hydrogens is 202 g/mol. The molecule has 3 nitrogen and oxygen atoms in total. The molecule has 0 heterocycles. The van der Waals surface area contributed by atoms with E-state index in [1.54, 1.807) is 14.2 Å². The molecule has 0 fully saturated rings. The maximum atomic E-state index is 6.12. The monoisotopic (exact) mass is 223 g/mol. The van der Waals surface area contributed by atoms with Crippen LogP contribution in [-0.2, 0) is 9.47 Å². The van der Waals surface area contributed by atoms with Gasteiger partial charge in [-0.1, -0.05) is 30.3 Å². The fourth-order valence-electron chi connectivity index (χ4n) is 1.82. The summed E-state index contributed by atoms with van der Waals surface area (Å²) in [5, 5.41) is 0. The summed E-state index contributed by atoms with van der Waals surface area (Å²) in [5.41, 5.74) is 7.25. The third-order valence-corrected chi connectivity index (χ3v) is 2.66. The quantitative estimate of drug-likeness (QED) is 0.720. The van der Waals surface area contributed by atoms with Gasteiger partial charge in [0.2, 0.25) is 0 Å². The predicted molar refractivity (Wildman–Crippen MR) is 65.3 cm³/mol. The van der Waals surface area contributed by atoms with Crippen molar-refractivity contribution in [3.05, 3.63) is 35.9 Å². The highest BCUT2D eigenvalue weighted by Crippen LogP contribution is 2.21. The van der Waals surface area contributed by atoms with Crippen LogP contribution in [0.3, 0.4) is 0 Å². The second-order valence-corrected chi connectivity index (χ2v) is 3.87. The molecule has 0 radical (unpaired) electrons. The Kier molecular flexibility index (Phi) is 6.08. The van der Waals surface area contributed by atoms with Crippen molar-refractivity contribution in [2.24, 2.45) is 5.73 Å². The van der Waals surface area contributed by atoms with E-state index in [0.717, 1.165) is 25.0 Å². The Hall–Kier alpha value is -0.900. The van der Waals surface area contributed by atoms with Crippen LogP contribution in [0.25, 0.3) is 0 Å². The van der Waals surface area contributed by atoms with Crippen molar-refractivity contribution in [3.8, 4) is 0 Å². The lowest BCUT2D eigenvalue weighted by atomic mass is 9.99. The topological polar surface area (TPSA) is 44.5 Å². The molecule has 1 aromatic rings. The molecule has 0 spiro atoms. The van der Waals surface area contributed by atoms with Gasteiger partial charge in [-0.15, -0.1) is 0 Å². The molecule has 0 aliphatic carbocycles. The van der Waals surface area contributed by atoms with Crippen LogP contribution in [-0.4, -0.2) is 26.9 Å². The lowest BCUT2D eigenvalue weighted by Gasteiger charge is -2.22. The van der Waals surface area contributed by atoms with Crippen molar-refractivity contribution in [3.63, 3.8) is 0 Å². The first-order chi connectivity index (χ1) is 7.79. The Morgan fingerprint density at radius 2 is 1.88 bits per heavy atom. The summed E-state index contributed by atoms with van der Waals surface area (Å²) in [7, 11) is 3.41. The summed E-state index contributed by atoms with van der Waals surface area (Å²) in [4.78, 5) is 0. The summed E-state index contributed by atoms with van der Waals surface area (Å²) in [6.45, 7) is 0.749. The molecule has 0 bridgehead atoms. The zero-order valence-electron chi connectivity index (χ0n) is 10.1. The minimum absolute atomic E-state index is 0.0162. The summed E-state index contributed by atoms with van der Waals surface area (Å²) in [6.07, 6.45) is 1.84. The molecule has 0 saturated heterocycles. The summed E-state index contributed by atoms with van der Waals surface area (Å²) in [5.74, 6) is 0. The number of benzene rings is 1. The average Bonchev–Trinajstić information content (AvgIpc) is 2.32. The molecule has 0 aliphatic rings. The van der Waals surface area contributed by atoms with E-state index < -0.39 is 0 Å². The second kappa shape index (κ2) is 7.39. The summed E-state index contributed by atoms with van der Waals surface area (Å²) in [6, 6.07) is 10.1. The Morgan fingerprint density at radius 3 is 2.44 bits per heavy atom. The Morgan fingerprint density at radius 1 is 1.19 bits per heavy atom. The van der Waals surface area contributed by atoms with Gasteiger partial charge in [0.25, 0.3) is 0 Å². The molecule has 90 valence electrons. The van der Waals surface area contributed by atoms with Crippen LogP contribution >= 0.6 is 0 Å². The highest BCUT2D eigenvalue weighted by Gasteiger charge is 2.18. The van der Waals surface area contributed by atoms with Crippen LogP contribution in [0.1, 0.15) is 24.5 Å². The van der Waals surface area contributed by atoms with Gasteiger partial charge in [-0.25, -0.2) is 0 Å². The first kappa shape index (κ1) is 13.2. The van der Waals surface area contributed by atoms with Crippen LogP contribution < -0.4 is 5.73 Å². The minimum atomic E-state index is -0.0296. The molecule has 0 saturated carbocycles. The van der Waals surface area contributed by atoms with Gasteiger partial charge < -0.3 is 15.2 Å². The van der Waals surface area contributed by atoms with E-state index in [1.165, 1.54) is 0 Å². The summed E-state index contributed by atoms with van der Waals surface area (Å²) < 4.78 is 10.5. The number of rotatable bonds is 7. The predicted octanol–water partition coefficient (Wildman–Crippen LogP) is 2.13. The Labute approximate surface area is 97.6 Å². The minimum Gasteiger partial charge on any atom is -0.385 e. The molecule has 1 rings (SSSR count). The van der Waals surface area contributed by atoms with E-state index in [2.05, 4.69) is 0 Å². The standard InChI is InChI=1S/C13H21NO2/c1-15-10-6-9-12(14)13(16-2)11-7-4-3-5-8-11/h3-5,7-8,12-13H,6,9-10,14H2,1-2H3. The SMILES string of the molecule is COCCCC(N)C(OC)c1ccccc1. The normalized spacial score (nSPS) is 14.7. The van der Waals surface area contributed by atoms with E-state index >= 15 is 0 Å². The van der Waals surface area contributed by atoms with Gasteiger partial charge in [0.15, 0.2) is 0 Å². The average molecular weight is 223 g/mol. The van der Waals surface area contributed by atoms with E-state index in [9.17, 15) is 0 Å². The zero-order chi connectivity index (χ0) is 11.8. The van der Waals surface area contributed by atoms with Crippen molar-refractivity contribution in [2.75, 3.05) is 20.8 Å². The molecule has 0 aliphatic heterocycles. The maximum absolute atomic E-state index is 6.12. The molecular formula is C13H21NO2. The molecule has 1 aromatic carbocycles. The molecule has 2 N–H and O–H groups in total. The Balaban J connectivity index is 2.53. The van der Waals surface area contributed by atoms with E-state index in [-0.39, 0.29) is 12.1 Å². The van der Waals surface area contributed by atoms with Crippen molar-refractivity contribution in [1.29, 1.82) is 0 Å². The van der Waals surface area contributed by atoms with Gasteiger partial charge in [-0.05, 0) is 18.4 Å². The molecule has 0 aromatic heterocycles. The smallest absolute Gasteiger partial charge is 0.0971 e. The second-order valence-electron chi connectivity index (χ2n) is 3.87. The van der Waals surface area contributed by atoms with Crippen LogP contribution in [0.4, 0.5) is 0 Å². The van der Waals surface area contributed by atoms with E-state index in [4.69, 9.17) is 15.2 Å². The largest absolute Gasteiger partial charge is 0.385 e. The van der Waals surface area contributed by atoms with Gasteiger partial charge in [-0.3, -0.25) is 0 Å². The zero-order valence-corrected chi connectivity index (χ0v) is 10.1. The maximum Gasteiger partial charge on any atom is 0.0971 e. The number of methoxy groups -OCH3 is 2. The molecule has 0 amide bonds. The van der Waals surface area contributed by atoms with Gasteiger partial charge in [0, 0.05) is 26.9 Å². The Bertz CT molecular complexity index is 277. The molecule has 16 heavy (non-hydrogen) atoms. The number of hydrogen-bond donors (Lipinski definition) is 1. The fourth-order valence-corrected chi connectivity index (χ4v) is 1.82. The van der Waals surface area contributed by atoms with Crippen LogP contribution in [0.15, 0.2) is 30.3 Å². The van der Waals surface area contributed by atoms with Gasteiger partial charge in [0.05, 0.1) is 6.10 Å². The number of ether oxygens (including phenoxy) is 2. The lowest BCUT2D eigenvalue weighted by molar-refractivity contribution is 0.0738. The van der Waals surface area contributed by atoms with E-state index in [1.807, 2.05) is 30.3 Å². The van der Waals surface area contributed by atoms with Crippen LogP contribution in [0, 0.1) is 0 Å². The third kappa shape index (κ3) is 3.93. The number of nitrogens with two attached hydrogens (primary N) is 1. The van der Waals surface area contributed by atoms with Crippen LogP contribution in [0.5, 0.6) is 0 Å². The van der Waals surface area contributed by atoms with Gasteiger partial charge in [0.1, 0.15) is 0 Å². The highest BCUT2D eigenvalue weighted by atomic mass is 16.5. The van der Waals surface area contributed by atoms with Crippen LogP contribution in [0.2, 0.25) is 0 Å². The van der Waals surface area contributed by atoms with Gasteiger partial charge in [-0.2, -0.15) is 0 Å². The third-order valence-electron chi connectivity index (χ3n) is 2.66. The molecule has 2 unspecified atom stereocenters. The number of hydrogen-bond acceptors (Lipinski definition) is 3. The lowest BCUT2D eigenvalue weighted by Crippen LogP contribution is -2.30. The molecule has 3 heteroatoms. The summed E-state index contributed by atoms with van der Waals surface area (Å²) >= 11 is 0. The van der Waals surface area contributed by atoms with Crippen molar-refractivity contribution >= 4 is 0 Å². The molecule has 2 atom stereocenters. The first-order valence-electron chi connectivity index (χ1n) is 5.62. The highest BCUT2D eigenvalue weighted by molar-refractivity contribution is 5.19. The van der Waals surface area contributed by atoms with Crippen molar-refractivity contribution < 1.29 is 9.47 Å². The van der Waals surface area contributed by atoms with Crippen molar-refractivity contribution in [2.45, 2.75) is 25.0 Å². The van der Waals surface area contributed by atoms with Crippen molar-refractivity contribution in [1.82, 2.24) is 0 Å². The van der Waals surface area contributed by atoms with Gasteiger partial charge >= 0.3 is 0 Å². The van der Waals surface area contributed by atoms with E-state index in [0.29, 0.717) is 0 Å².